The molecule has 1 aliphatic heterocycles. The van der Waals surface area contributed by atoms with E-state index in [1.807, 2.05) is 24.3 Å². The number of amides is 1. The fourth-order valence-electron chi connectivity index (χ4n) is 2.00. The van der Waals surface area contributed by atoms with Crippen molar-refractivity contribution in [3.05, 3.63) is 29.8 Å². The summed E-state index contributed by atoms with van der Waals surface area (Å²) in [6.45, 7) is 1.49. The van der Waals surface area contributed by atoms with E-state index in [2.05, 4.69) is 10.6 Å². The maximum absolute atomic E-state index is 11.8. The molecule has 0 aliphatic carbocycles. The fraction of sp³-hybridized carbons (Fsp3) is 0.462. The Morgan fingerprint density at radius 3 is 3.06 bits per heavy atom. The Morgan fingerprint density at radius 2 is 2.39 bits per heavy atom. The largest absolute Gasteiger partial charge is 0.497 e. The molecule has 1 aromatic carbocycles. The standard InChI is InChI=1S/C13H18N2O2.ClH/c1-17-11-5-2-4-10(8-11)9-15-13(16)12-6-3-7-14-12;/h2,4-5,8,12,14H,3,6-7,9H2,1H3,(H,15,16);1H. The van der Waals surface area contributed by atoms with Crippen LogP contribution in [-0.4, -0.2) is 25.6 Å². The van der Waals surface area contributed by atoms with Gasteiger partial charge in [-0.05, 0) is 37.1 Å². The van der Waals surface area contributed by atoms with Gasteiger partial charge in [-0.2, -0.15) is 0 Å². The predicted octanol–water partition coefficient (Wildman–Crippen LogP) is 1.49. The molecule has 0 radical (unpaired) electrons. The van der Waals surface area contributed by atoms with Gasteiger partial charge in [0, 0.05) is 6.54 Å². The molecule has 100 valence electrons. The zero-order valence-corrected chi connectivity index (χ0v) is 11.3. The van der Waals surface area contributed by atoms with Crippen LogP contribution in [0.25, 0.3) is 0 Å². The van der Waals surface area contributed by atoms with Crippen molar-refractivity contribution in [2.75, 3.05) is 13.7 Å². The van der Waals surface area contributed by atoms with E-state index in [9.17, 15) is 4.79 Å². The summed E-state index contributed by atoms with van der Waals surface area (Å²) in [5.41, 5.74) is 1.05. The van der Waals surface area contributed by atoms with E-state index in [0.717, 1.165) is 30.7 Å². The van der Waals surface area contributed by atoms with Crippen molar-refractivity contribution in [1.29, 1.82) is 0 Å². The van der Waals surface area contributed by atoms with Crippen molar-refractivity contribution in [3.63, 3.8) is 0 Å². The van der Waals surface area contributed by atoms with E-state index < -0.39 is 0 Å². The number of hydrogen-bond acceptors (Lipinski definition) is 3. The number of carbonyl (C=O) groups is 1. The zero-order valence-electron chi connectivity index (χ0n) is 10.4. The molecular weight excluding hydrogens is 252 g/mol. The Kier molecular flexibility index (Phi) is 5.95. The second kappa shape index (κ2) is 7.24. The van der Waals surface area contributed by atoms with Crippen LogP contribution in [0, 0.1) is 0 Å². The van der Waals surface area contributed by atoms with Gasteiger partial charge in [-0.15, -0.1) is 12.4 Å². The number of methoxy groups -OCH3 is 1. The molecule has 18 heavy (non-hydrogen) atoms. The SMILES string of the molecule is COc1cccc(CNC(=O)C2CCCN2)c1.Cl. The maximum Gasteiger partial charge on any atom is 0.237 e. The first-order chi connectivity index (χ1) is 8.29. The van der Waals surface area contributed by atoms with Gasteiger partial charge in [-0.1, -0.05) is 12.1 Å². The van der Waals surface area contributed by atoms with E-state index in [0.29, 0.717) is 6.54 Å². The third-order valence-electron chi connectivity index (χ3n) is 2.98. The molecular formula is C13H19ClN2O2. The minimum Gasteiger partial charge on any atom is -0.497 e. The third kappa shape index (κ3) is 3.89. The van der Waals surface area contributed by atoms with Gasteiger partial charge < -0.3 is 15.4 Å². The average molecular weight is 271 g/mol. The topological polar surface area (TPSA) is 50.4 Å². The zero-order chi connectivity index (χ0) is 12.1. The average Bonchev–Trinajstić information content (AvgIpc) is 2.90. The summed E-state index contributed by atoms with van der Waals surface area (Å²) >= 11 is 0. The van der Waals surface area contributed by atoms with Crippen molar-refractivity contribution >= 4 is 18.3 Å². The van der Waals surface area contributed by atoms with E-state index >= 15 is 0 Å². The minimum absolute atomic E-state index is 0. The lowest BCUT2D eigenvalue weighted by atomic mass is 10.2. The lowest BCUT2D eigenvalue weighted by Crippen LogP contribution is -2.39. The van der Waals surface area contributed by atoms with Crippen LogP contribution in [0.5, 0.6) is 5.75 Å². The molecule has 1 unspecified atom stereocenters. The number of carbonyl (C=O) groups excluding carboxylic acids is 1. The second-order valence-corrected chi connectivity index (χ2v) is 4.22. The Morgan fingerprint density at radius 1 is 1.56 bits per heavy atom. The quantitative estimate of drug-likeness (QED) is 0.872. The van der Waals surface area contributed by atoms with Crippen LogP contribution >= 0.6 is 12.4 Å². The highest BCUT2D eigenvalue weighted by Crippen LogP contribution is 2.12. The van der Waals surface area contributed by atoms with Crippen molar-refractivity contribution < 1.29 is 9.53 Å². The number of nitrogens with one attached hydrogen (secondary N) is 2. The second-order valence-electron chi connectivity index (χ2n) is 4.22. The molecule has 0 spiro atoms. The van der Waals surface area contributed by atoms with Crippen LogP contribution in [0.3, 0.4) is 0 Å². The molecule has 1 amide bonds. The first kappa shape index (κ1) is 14.8. The monoisotopic (exact) mass is 270 g/mol. The molecule has 0 bridgehead atoms. The van der Waals surface area contributed by atoms with Gasteiger partial charge in [0.15, 0.2) is 0 Å². The first-order valence-corrected chi connectivity index (χ1v) is 5.93. The summed E-state index contributed by atoms with van der Waals surface area (Å²) in [5, 5.41) is 6.11. The highest BCUT2D eigenvalue weighted by atomic mass is 35.5. The summed E-state index contributed by atoms with van der Waals surface area (Å²) in [7, 11) is 1.64. The van der Waals surface area contributed by atoms with Crippen LogP contribution in [0.1, 0.15) is 18.4 Å². The first-order valence-electron chi connectivity index (χ1n) is 5.93. The lowest BCUT2D eigenvalue weighted by Gasteiger charge is -2.11. The molecule has 0 saturated carbocycles. The summed E-state index contributed by atoms with van der Waals surface area (Å²) in [6.07, 6.45) is 2.02. The number of benzene rings is 1. The van der Waals surface area contributed by atoms with E-state index in [1.54, 1.807) is 7.11 Å². The molecule has 1 saturated heterocycles. The normalized spacial score (nSPS) is 17.9. The van der Waals surface area contributed by atoms with Gasteiger partial charge in [0.2, 0.25) is 5.91 Å². The number of ether oxygens (including phenoxy) is 1. The summed E-state index contributed by atoms with van der Waals surface area (Å²) in [6, 6.07) is 7.71. The maximum atomic E-state index is 11.8. The van der Waals surface area contributed by atoms with Crippen LogP contribution in [0.15, 0.2) is 24.3 Å². The Hall–Kier alpha value is -1.26. The highest BCUT2D eigenvalue weighted by Gasteiger charge is 2.21. The summed E-state index contributed by atoms with van der Waals surface area (Å²) < 4.78 is 5.14. The van der Waals surface area contributed by atoms with Crippen LogP contribution < -0.4 is 15.4 Å². The minimum atomic E-state index is -0.0133. The fourth-order valence-corrected chi connectivity index (χ4v) is 2.00. The molecule has 1 aliphatic rings. The van der Waals surface area contributed by atoms with Gasteiger partial charge in [0.05, 0.1) is 13.2 Å². The lowest BCUT2D eigenvalue weighted by molar-refractivity contribution is -0.122. The molecule has 1 aromatic rings. The molecule has 2 rings (SSSR count). The Labute approximate surface area is 114 Å². The molecule has 0 aromatic heterocycles. The Balaban J connectivity index is 0.00000162. The number of hydrogen-bond donors (Lipinski definition) is 2. The van der Waals surface area contributed by atoms with E-state index in [1.165, 1.54) is 0 Å². The van der Waals surface area contributed by atoms with E-state index in [4.69, 9.17) is 4.74 Å². The van der Waals surface area contributed by atoms with Gasteiger partial charge in [0.1, 0.15) is 5.75 Å². The summed E-state index contributed by atoms with van der Waals surface area (Å²) in [5.74, 6) is 0.904. The molecule has 1 atom stereocenters. The molecule has 5 heteroatoms. The van der Waals surface area contributed by atoms with Crippen molar-refractivity contribution in [3.8, 4) is 5.75 Å². The number of halogens is 1. The van der Waals surface area contributed by atoms with Crippen molar-refractivity contribution in [1.82, 2.24) is 10.6 Å². The third-order valence-corrected chi connectivity index (χ3v) is 2.98. The van der Waals surface area contributed by atoms with Gasteiger partial charge in [0.25, 0.3) is 0 Å². The van der Waals surface area contributed by atoms with Crippen LogP contribution in [0.2, 0.25) is 0 Å². The van der Waals surface area contributed by atoms with Crippen molar-refractivity contribution in [2.24, 2.45) is 0 Å². The molecule has 4 nitrogen and oxygen atoms in total. The Bertz CT molecular complexity index is 392. The summed E-state index contributed by atoms with van der Waals surface area (Å²) in [4.78, 5) is 11.8. The van der Waals surface area contributed by atoms with Crippen molar-refractivity contribution in [2.45, 2.75) is 25.4 Å². The smallest absolute Gasteiger partial charge is 0.237 e. The molecule has 1 fully saturated rings. The highest BCUT2D eigenvalue weighted by molar-refractivity contribution is 5.85. The van der Waals surface area contributed by atoms with E-state index in [-0.39, 0.29) is 24.4 Å². The van der Waals surface area contributed by atoms with Crippen LogP contribution in [-0.2, 0) is 11.3 Å². The number of rotatable bonds is 4. The molecule has 1 heterocycles. The van der Waals surface area contributed by atoms with Gasteiger partial charge in [-0.3, -0.25) is 4.79 Å². The molecule has 2 N–H and O–H groups in total. The predicted molar refractivity (Wildman–Crippen MR) is 73.1 cm³/mol. The van der Waals surface area contributed by atoms with Gasteiger partial charge >= 0.3 is 0 Å². The van der Waals surface area contributed by atoms with Crippen LogP contribution in [0.4, 0.5) is 0 Å². The van der Waals surface area contributed by atoms with Gasteiger partial charge in [-0.25, -0.2) is 0 Å².